The van der Waals surface area contributed by atoms with Gasteiger partial charge in [0.05, 0.1) is 17.1 Å². The van der Waals surface area contributed by atoms with E-state index in [0.717, 1.165) is 17.5 Å². The molecule has 0 unspecified atom stereocenters. The van der Waals surface area contributed by atoms with Crippen molar-refractivity contribution in [2.45, 2.75) is 19.4 Å². The Bertz CT molecular complexity index is 783. The number of pyridine rings is 1. The first-order valence-electron chi connectivity index (χ1n) is 7.25. The normalized spacial score (nSPS) is 12.3. The maximum Gasteiger partial charge on any atom is 0.293 e. The molecule has 0 N–H and O–H groups in total. The van der Waals surface area contributed by atoms with Crippen LogP contribution in [0.5, 0.6) is 0 Å². The molecule has 0 saturated heterocycles. The molecule has 22 heavy (non-hydrogen) atoms. The highest BCUT2D eigenvalue weighted by atomic mass is 16.5. The number of benzene rings is 1. The molecule has 0 spiro atoms. The van der Waals surface area contributed by atoms with Crippen molar-refractivity contribution >= 4 is 16.8 Å². The summed E-state index contributed by atoms with van der Waals surface area (Å²) in [6.07, 6.45) is 2.51. The lowest BCUT2D eigenvalue weighted by Gasteiger charge is -2.25. The largest absolute Gasteiger partial charge is 0.350 e. The summed E-state index contributed by atoms with van der Waals surface area (Å²) in [6.45, 7) is 2.03. The maximum atomic E-state index is 12.8. The van der Waals surface area contributed by atoms with E-state index in [1.54, 1.807) is 18.1 Å². The summed E-state index contributed by atoms with van der Waals surface area (Å²) < 4.78 is 5.27. The van der Waals surface area contributed by atoms with Gasteiger partial charge in [-0.2, -0.15) is 0 Å². The van der Waals surface area contributed by atoms with Gasteiger partial charge >= 0.3 is 0 Å². The summed E-state index contributed by atoms with van der Waals surface area (Å²) in [5.41, 5.74) is 1.55. The number of amides is 1. The summed E-state index contributed by atoms with van der Waals surface area (Å²) in [5, 5.41) is 4.67. The van der Waals surface area contributed by atoms with Gasteiger partial charge in [-0.05, 0) is 30.7 Å². The van der Waals surface area contributed by atoms with Crippen LogP contribution in [0.3, 0.4) is 0 Å². The minimum absolute atomic E-state index is 0.0995. The minimum atomic E-state index is -0.189. The van der Waals surface area contributed by atoms with Gasteiger partial charge in [0.2, 0.25) is 5.76 Å². The number of hydrogen-bond donors (Lipinski definition) is 0. The topological polar surface area (TPSA) is 59.2 Å². The van der Waals surface area contributed by atoms with Crippen molar-refractivity contribution < 1.29 is 9.32 Å². The number of carbonyl (C=O) groups is 1. The molecule has 3 rings (SSSR count). The molecule has 0 aliphatic rings. The fourth-order valence-corrected chi connectivity index (χ4v) is 2.60. The average molecular weight is 295 g/mol. The SMILES string of the molecule is CC[C@H](c1ccccn1)N(C)C(=O)c1onc2ccccc12. The maximum absolute atomic E-state index is 12.8. The molecule has 3 aromatic rings. The molecule has 0 saturated carbocycles. The van der Waals surface area contributed by atoms with Gasteiger partial charge in [-0.1, -0.05) is 30.3 Å². The molecular formula is C17H17N3O2. The van der Waals surface area contributed by atoms with Gasteiger partial charge in [0.25, 0.3) is 5.91 Å². The molecule has 112 valence electrons. The molecule has 5 heteroatoms. The van der Waals surface area contributed by atoms with E-state index in [-0.39, 0.29) is 17.7 Å². The zero-order valence-corrected chi connectivity index (χ0v) is 12.6. The lowest BCUT2D eigenvalue weighted by atomic mass is 10.1. The van der Waals surface area contributed by atoms with Crippen molar-refractivity contribution in [3.63, 3.8) is 0 Å². The Morgan fingerprint density at radius 3 is 2.73 bits per heavy atom. The highest BCUT2D eigenvalue weighted by Crippen LogP contribution is 2.25. The number of rotatable bonds is 4. The highest BCUT2D eigenvalue weighted by Gasteiger charge is 2.26. The fraction of sp³-hybridized carbons (Fsp3) is 0.235. The third-order valence-corrected chi connectivity index (χ3v) is 3.78. The van der Waals surface area contributed by atoms with E-state index in [4.69, 9.17) is 4.52 Å². The second kappa shape index (κ2) is 5.97. The summed E-state index contributed by atoms with van der Waals surface area (Å²) in [5.74, 6) is 0.0821. The zero-order valence-electron chi connectivity index (χ0n) is 12.6. The summed E-state index contributed by atoms with van der Waals surface area (Å²) >= 11 is 0. The first kappa shape index (κ1) is 14.3. The summed E-state index contributed by atoms with van der Waals surface area (Å²) in [7, 11) is 1.77. The van der Waals surface area contributed by atoms with Gasteiger partial charge in [0.15, 0.2) is 0 Å². The Kier molecular flexibility index (Phi) is 3.87. The number of carbonyl (C=O) groups excluding carboxylic acids is 1. The smallest absolute Gasteiger partial charge is 0.293 e. The van der Waals surface area contributed by atoms with Gasteiger partial charge in [-0.3, -0.25) is 9.78 Å². The van der Waals surface area contributed by atoms with Crippen molar-refractivity contribution in [3.05, 3.63) is 60.1 Å². The van der Waals surface area contributed by atoms with Crippen LogP contribution >= 0.6 is 0 Å². The summed E-state index contributed by atoms with van der Waals surface area (Å²) in [4.78, 5) is 18.8. The molecule has 0 aliphatic heterocycles. The average Bonchev–Trinajstić information content (AvgIpc) is 3.00. The van der Waals surface area contributed by atoms with Crippen molar-refractivity contribution in [2.75, 3.05) is 7.05 Å². The highest BCUT2D eigenvalue weighted by molar-refractivity contribution is 6.03. The first-order chi connectivity index (χ1) is 10.7. The predicted molar refractivity (Wildman–Crippen MR) is 83.4 cm³/mol. The Balaban J connectivity index is 1.94. The third-order valence-electron chi connectivity index (χ3n) is 3.78. The number of fused-ring (bicyclic) bond motifs is 1. The van der Waals surface area contributed by atoms with Crippen LogP contribution in [-0.2, 0) is 0 Å². The number of hydrogen-bond acceptors (Lipinski definition) is 4. The van der Waals surface area contributed by atoms with Crippen LogP contribution in [0.15, 0.2) is 53.2 Å². The zero-order chi connectivity index (χ0) is 15.5. The van der Waals surface area contributed by atoms with Crippen LogP contribution in [0.4, 0.5) is 0 Å². The lowest BCUT2D eigenvalue weighted by Crippen LogP contribution is -2.31. The monoisotopic (exact) mass is 295 g/mol. The molecule has 1 aromatic carbocycles. The van der Waals surface area contributed by atoms with Crippen LogP contribution in [0.1, 0.15) is 35.6 Å². The van der Waals surface area contributed by atoms with E-state index in [1.807, 2.05) is 49.4 Å². The second-order valence-electron chi connectivity index (χ2n) is 5.12. The summed E-state index contributed by atoms with van der Waals surface area (Å²) in [6, 6.07) is 13.0. The third kappa shape index (κ3) is 2.45. The van der Waals surface area contributed by atoms with Crippen molar-refractivity contribution in [1.29, 1.82) is 0 Å². The molecular weight excluding hydrogens is 278 g/mol. The van der Waals surface area contributed by atoms with Crippen LogP contribution in [0, 0.1) is 0 Å². The van der Waals surface area contributed by atoms with E-state index in [0.29, 0.717) is 5.52 Å². The standard InChI is InChI=1S/C17H17N3O2/c1-3-15(14-10-6-7-11-18-14)20(2)17(21)16-12-8-4-5-9-13(12)19-22-16/h4-11,15H,3H2,1-2H3/t15-/m1/s1. The molecule has 0 fully saturated rings. The molecule has 1 amide bonds. The van der Waals surface area contributed by atoms with Gasteiger partial charge in [-0.15, -0.1) is 0 Å². The van der Waals surface area contributed by atoms with Crippen molar-refractivity contribution in [3.8, 4) is 0 Å². The van der Waals surface area contributed by atoms with Crippen LogP contribution in [-0.4, -0.2) is 28.0 Å². The lowest BCUT2D eigenvalue weighted by molar-refractivity contribution is 0.0683. The quantitative estimate of drug-likeness (QED) is 0.739. The molecule has 0 radical (unpaired) electrons. The Labute approximate surface area is 128 Å². The van der Waals surface area contributed by atoms with Crippen molar-refractivity contribution in [1.82, 2.24) is 15.0 Å². The fourth-order valence-electron chi connectivity index (χ4n) is 2.60. The number of nitrogens with zero attached hydrogens (tertiary/aromatic N) is 3. The Morgan fingerprint density at radius 2 is 2.00 bits per heavy atom. The molecule has 2 aromatic heterocycles. The van der Waals surface area contributed by atoms with E-state index in [9.17, 15) is 4.79 Å². The van der Waals surface area contributed by atoms with Gasteiger partial charge in [0.1, 0.15) is 5.52 Å². The molecule has 0 aliphatic carbocycles. The minimum Gasteiger partial charge on any atom is -0.350 e. The van der Waals surface area contributed by atoms with Gasteiger partial charge < -0.3 is 9.42 Å². The second-order valence-corrected chi connectivity index (χ2v) is 5.12. The van der Waals surface area contributed by atoms with Gasteiger partial charge in [0, 0.05) is 13.2 Å². The molecule has 0 bridgehead atoms. The Hall–Kier alpha value is -2.69. The van der Waals surface area contributed by atoms with E-state index in [1.165, 1.54) is 0 Å². The van der Waals surface area contributed by atoms with Gasteiger partial charge in [-0.25, -0.2) is 0 Å². The predicted octanol–water partition coefficient (Wildman–Crippen LogP) is 3.45. The van der Waals surface area contributed by atoms with E-state index in [2.05, 4.69) is 10.1 Å². The van der Waals surface area contributed by atoms with Crippen molar-refractivity contribution in [2.24, 2.45) is 0 Å². The molecule has 1 atom stereocenters. The molecule has 5 nitrogen and oxygen atoms in total. The number of aromatic nitrogens is 2. The molecule has 2 heterocycles. The Morgan fingerprint density at radius 1 is 1.23 bits per heavy atom. The van der Waals surface area contributed by atoms with E-state index >= 15 is 0 Å². The van der Waals surface area contributed by atoms with Crippen LogP contribution in [0.2, 0.25) is 0 Å². The van der Waals surface area contributed by atoms with Crippen LogP contribution in [0.25, 0.3) is 10.9 Å². The van der Waals surface area contributed by atoms with E-state index < -0.39 is 0 Å². The van der Waals surface area contributed by atoms with Crippen LogP contribution < -0.4 is 0 Å². The first-order valence-corrected chi connectivity index (χ1v) is 7.25.